The molecular weight excluding hydrogens is 294 g/mol. The molecule has 1 aromatic rings. The molecule has 110 valence electrons. The molecule has 1 saturated heterocycles. The third-order valence-corrected chi connectivity index (χ3v) is 4.12. The summed E-state index contributed by atoms with van der Waals surface area (Å²) in [7, 11) is 0. The SMILES string of the molecule is O=C(O)[C@@H]1[C@@H](C(=O)NCc2ccc(Cl)cc2)[C@H]2C=C[C@@H]1O2. The van der Waals surface area contributed by atoms with Gasteiger partial charge in [-0.25, -0.2) is 0 Å². The van der Waals surface area contributed by atoms with Gasteiger partial charge in [-0.1, -0.05) is 35.9 Å². The highest BCUT2D eigenvalue weighted by atomic mass is 35.5. The van der Waals surface area contributed by atoms with E-state index in [4.69, 9.17) is 16.3 Å². The monoisotopic (exact) mass is 307 g/mol. The minimum atomic E-state index is -1.00. The van der Waals surface area contributed by atoms with Crippen molar-refractivity contribution >= 4 is 23.5 Å². The van der Waals surface area contributed by atoms with Crippen LogP contribution in [0.1, 0.15) is 5.56 Å². The number of carbonyl (C=O) groups is 2. The van der Waals surface area contributed by atoms with Crippen molar-refractivity contribution in [2.24, 2.45) is 11.8 Å². The Kier molecular flexibility index (Phi) is 3.69. The van der Waals surface area contributed by atoms with E-state index in [1.54, 1.807) is 24.3 Å². The third-order valence-electron chi connectivity index (χ3n) is 3.87. The number of carboxylic acids is 1. The molecule has 1 amide bonds. The van der Waals surface area contributed by atoms with Gasteiger partial charge >= 0.3 is 5.97 Å². The van der Waals surface area contributed by atoms with Gasteiger partial charge in [-0.15, -0.1) is 0 Å². The van der Waals surface area contributed by atoms with Gasteiger partial charge in [-0.2, -0.15) is 0 Å². The molecule has 1 fully saturated rings. The van der Waals surface area contributed by atoms with Crippen molar-refractivity contribution in [2.45, 2.75) is 18.8 Å². The van der Waals surface area contributed by atoms with Crippen molar-refractivity contribution in [3.05, 3.63) is 47.0 Å². The van der Waals surface area contributed by atoms with E-state index in [0.29, 0.717) is 11.6 Å². The van der Waals surface area contributed by atoms with Crippen LogP contribution in [0.2, 0.25) is 5.02 Å². The minimum Gasteiger partial charge on any atom is -0.481 e. The number of amides is 1. The average molecular weight is 308 g/mol. The normalized spacial score (nSPS) is 29.6. The highest BCUT2D eigenvalue weighted by Gasteiger charge is 2.53. The molecule has 2 bridgehead atoms. The van der Waals surface area contributed by atoms with Crippen molar-refractivity contribution in [3.8, 4) is 0 Å². The summed E-state index contributed by atoms with van der Waals surface area (Å²) in [6.45, 7) is 0.333. The fraction of sp³-hybridized carbons (Fsp3) is 0.333. The largest absolute Gasteiger partial charge is 0.481 e. The second kappa shape index (κ2) is 5.50. The standard InChI is InChI=1S/C15H14ClNO4/c16-9-3-1-8(2-4-9)7-17-14(18)12-10-5-6-11(21-10)13(12)15(19)20/h1-6,10-13H,7H2,(H,17,18)(H,19,20)/t10-,11+,12+,13+/m1/s1. The molecule has 3 rings (SSSR count). The number of fused-ring (bicyclic) bond motifs is 2. The molecule has 2 aliphatic rings. The first-order valence-corrected chi connectivity index (χ1v) is 7.03. The van der Waals surface area contributed by atoms with Crippen molar-refractivity contribution in [1.82, 2.24) is 5.32 Å². The molecule has 0 saturated carbocycles. The maximum absolute atomic E-state index is 12.3. The lowest BCUT2D eigenvalue weighted by Gasteiger charge is -2.21. The lowest BCUT2D eigenvalue weighted by atomic mass is 9.82. The van der Waals surface area contributed by atoms with Gasteiger partial charge in [0.1, 0.15) is 5.92 Å². The number of ether oxygens (including phenoxy) is 1. The van der Waals surface area contributed by atoms with E-state index in [1.165, 1.54) is 0 Å². The number of aliphatic carboxylic acids is 1. The molecule has 2 aliphatic heterocycles. The molecular formula is C15H14ClNO4. The number of hydrogen-bond acceptors (Lipinski definition) is 3. The smallest absolute Gasteiger partial charge is 0.310 e. The Balaban J connectivity index is 1.66. The molecule has 2 heterocycles. The molecule has 0 spiro atoms. The molecule has 21 heavy (non-hydrogen) atoms. The summed E-state index contributed by atoms with van der Waals surface area (Å²) in [6, 6.07) is 7.11. The lowest BCUT2D eigenvalue weighted by molar-refractivity contribution is -0.146. The van der Waals surface area contributed by atoms with Crippen LogP contribution in [-0.4, -0.2) is 29.2 Å². The number of benzene rings is 1. The van der Waals surface area contributed by atoms with E-state index in [9.17, 15) is 14.7 Å². The van der Waals surface area contributed by atoms with Gasteiger partial charge in [0.05, 0.1) is 18.1 Å². The predicted molar refractivity (Wildman–Crippen MR) is 75.7 cm³/mol. The zero-order valence-corrected chi connectivity index (χ0v) is 11.8. The Bertz CT molecular complexity index is 598. The summed E-state index contributed by atoms with van der Waals surface area (Å²) >= 11 is 5.80. The van der Waals surface area contributed by atoms with Crippen LogP contribution in [0, 0.1) is 11.8 Å². The fourth-order valence-corrected chi connectivity index (χ4v) is 2.95. The Morgan fingerprint density at radius 1 is 1.14 bits per heavy atom. The quantitative estimate of drug-likeness (QED) is 0.829. The summed E-state index contributed by atoms with van der Waals surface area (Å²) in [5, 5.41) is 12.7. The van der Waals surface area contributed by atoms with Crippen molar-refractivity contribution in [2.75, 3.05) is 0 Å². The van der Waals surface area contributed by atoms with Gasteiger partial charge in [0.2, 0.25) is 5.91 Å². The number of halogens is 1. The first-order chi connectivity index (χ1) is 10.1. The first-order valence-electron chi connectivity index (χ1n) is 6.65. The fourth-order valence-electron chi connectivity index (χ4n) is 2.82. The summed E-state index contributed by atoms with van der Waals surface area (Å²) < 4.78 is 5.48. The van der Waals surface area contributed by atoms with E-state index in [-0.39, 0.29) is 5.91 Å². The predicted octanol–water partition coefficient (Wildman–Crippen LogP) is 1.61. The molecule has 1 aromatic carbocycles. The molecule has 0 aliphatic carbocycles. The molecule has 2 N–H and O–H groups in total. The van der Waals surface area contributed by atoms with Crippen molar-refractivity contribution < 1.29 is 19.4 Å². The summed E-state index contributed by atoms with van der Waals surface area (Å²) in [4.78, 5) is 23.6. The Morgan fingerprint density at radius 3 is 2.38 bits per heavy atom. The van der Waals surface area contributed by atoms with Gasteiger partial charge in [0.15, 0.2) is 0 Å². The van der Waals surface area contributed by atoms with Gasteiger partial charge in [0, 0.05) is 11.6 Å². The second-order valence-electron chi connectivity index (χ2n) is 5.18. The number of carboxylic acid groups (broad SMARTS) is 1. The zero-order valence-electron chi connectivity index (χ0n) is 11.0. The van der Waals surface area contributed by atoms with Gasteiger partial charge in [0.25, 0.3) is 0 Å². The Labute approximate surface area is 126 Å². The van der Waals surface area contributed by atoms with Crippen LogP contribution in [0.4, 0.5) is 0 Å². The highest BCUT2D eigenvalue weighted by molar-refractivity contribution is 6.30. The van der Waals surface area contributed by atoms with Crippen molar-refractivity contribution in [1.29, 1.82) is 0 Å². The zero-order chi connectivity index (χ0) is 15.0. The van der Waals surface area contributed by atoms with E-state index < -0.39 is 30.0 Å². The molecule has 4 atom stereocenters. The van der Waals surface area contributed by atoms with Crippen molar-refractivity contribution in [3.63, 3.8) is 0 Å². The summed E-state index contributed by atoms with van der Waals surface area (Å²) in [5.41, 5.74) is 0.902. The van der Waals surface area contributed by atoms with Crippen LogP contribution < -0.4 is 5.32 Å². The molecule has 0 aromatic heterocycles. The van der Waals surface area contributed by atoms with Crippen LogP contribution in [0.25, 0.3) is 0 Å². The number of rotatable bonds is 4. The molecule has 6 heteroatoms. The first kappa shape index (κ1) is 14.1. The number of nitrogens with one attached hydrogen (secondary N) is 1. The van der Waals surface area contributed by atoms with Gasteiger partial charge in [-0.3, -0.25) is 9.59 Å². The summed E-state index contributed by atoms with van der Waals surface area (Å²) in [5.74, 6) is -2.79. The second-order valence-corrected chi connectivity index (χ2v) is 5.62. The maximum atomic E-state index is 12.3. The topological polar surface area (TPSA) is 75.6 Å². The average Bonchev–Trinajstić information content (AvgIpc) is 3.06. The lowest BCUT2D eigenvalue weighted by Crippen LogP contribution is -2.42. The Hall–Kier alpha value is -1.85. The summed E-state index contributed by atoms with van der Waals surface area (Å²) in [6.07, 6.45) is 2.53. The maximum Gasteiger partial charge on any atom is 0.310 e. The number of carbonyl (C=O) groups excluding carboxylic acids is 1. The minimum absolute atomic E-state index is 0.297. The third kappa shape index (κ3) is 2.66. The van der Waals surface area contributed by atoms with Crippen LogP contribution >= 0.6 is 11.6 Å². The van der Waals surface area contributed by atoms with Gasteiger partial charge < -0.3 is 15.2 Å². The van der Waals surface area contributed by atoms with Crippen LogP contribution in [0.3, 0.4) is 0 Å². The highest BCUT2D eigenvalue weighted by Crippen LogP contribution is 2.39. The molecule has 0 radical (unpaired) electrons. The Morgan fingerprint density at radius 2 is 1.76 bits per heavy atom. The van der Waals surface area contributed by atoms with E-state index in [0.717, 1.165) is 5.56 Å². The number of hydrogen-bond donors (Lipinski definition) is 2. The van der Waals surface area contributed by atoms with Crippen LogP contribution in [0.15, 0.2) is 36.4 Å². The van der Waals surface area contributed by atoms with E-state index in [2.05, 4.69) is 5.32 Å². The molecule has 5 nitrogen and oxygen atoms in total. The van der Waals surface area contributed by atoms with Crippen LogP contribution in [-0.2, 0) is 20.9 Å². The van der Waals surface area contributed by atoms with E-state index in [1.807, 2.05) is 12.1 Å². The molecule has 0 unspecified atom stereocenters. The van der Waals surface area contributed by atoms with Gasteiger partial charge in [-0.05, 0) is 17.7 Å². The van der Waals surface area contributed by atoms with Crippen LogP contribution in [0.5, 0.6) is 0 Å². The van der Waals surface area contributed by atoms with E-state index >= 15 is 0 Å².